The molecule has 50 heavy (non-hydrogen) atoms. The number of nitrogens with two attached hydrogens (primary N) is 2. The van der Waals surface area contributed by atoms with Gasteiger partial charge in [-0.2, -0.15) is 5.10 Å². The molecule has 2 amide bonds. The van der Waals surface area contributed by atoms with Crippen LogP contribution in [0.4, 0.5) is 17.2 Å². The number of anilines is 3. The number of piperazine rings is 1. The lowest BCUT2D eigenvalue weighted by molar-refractivity contribution is -0.133. The Morgan fingerprint density at radius 1 is 0.980 bits per heavy atom. The van der Waals surface area contributed by atoms with E-state index in [1.54, 1.807) is 40.3 Å². The van der Waals surface area contributed by atoms with Crippen molar-refractivity contribution in [1.29, 1.82) is 0 Å². The van der Waals surface area contributed by atoms with Gasteiger partial charge in [-0.3, -0.25) is 29.5 Å². The highest BCUT2D eigenvalue weighted by Crippen LogP contribution is 2.42. The second kappa shape index (κ2) is 13.5. The number of aromatic nitrogens is 5. The van der Waals surface area contributed by atoms with Gasteiger partial charge in [0.2, 0.25) is 23.4 Å². The van der Waals surface area contributed by atoms with Crippen molar-refractivity contribution in [3.05, 3.63) is 72.3 Å². The van der Waals surface area contributed by atoms with Gasteiger partial charge < -0.3 is 20.3 Å². The Labute approximate surface area is 291 Å². The molecule has 260 valence electrons. The largest absolute Gasteiger partial charge is 0.475 e. The molecule has 3 aromatic heterocycles. The molecule has 1 spiro atoms. The third-order valence-electron chi connectivity index (χ3n) is 9.87. The number of ether oxygens (including phenoxy) is 1. The molecule has 0 aliphatic carbocycles. The van der Waals surface area contributed by atoms with Crippen molar-refractivity contribution in [3.63, 3.8) is 0 Å². The number of carbonyl (C=O) groups is 2. The van der Waals surface area contributed by atoms with Gasteiger partial charge in [0.1, 0.15) is 12.1 Å². The Balaban J connectivity index is 0.932. The van der Waals surface area contributed by atoms with E-state index in [4.69, 9.17) is 20.9 Å². The number of hydrogen-bond donors (Lipinski definition) is 2. The van der Waals surface area contributed by atoms with E-state index in [-0.39, 0.29) is 17.9 Å². The fourth-order valence-electron chi connectivity index (χ4n) is 7.12. The van der Waals surface area contributed by atoms with Gasteiger partial charge in [0.15, 0.2) is 11.5 Å². The first kappa shape index (κ1) is 33.1. The average Bonchev–Trinajstić information content (AvgIpc) is 3.83. The molecule has 4 aromatic rings. The molecule has 0 unspecified atom stereocenters. The summed E-state index contributed by atoms with van der Waals surface area (Å²) in [6, 6.07) is 15.3. The molecule has 1 aromatic carbocycles. The van der Waals surface area contributed by atoms with E-state index in [0.717, 1.165) is 24.3 Å². The van der Waals surface area contributed by atoms with Gasteiger partial charge in [-0.15, -0.1) is 0 Å². The monoisotopic (exact) mass is 678 g/mol. The minimum absolute atomic E-state index is 0.00568. The van der Waals surface area contributed by atoms with Crippen molar-refractivity contribution in [1.82, 2.24) is 34.5 Å². The van der Waals surface area contributed by atoms with E-state index in [9.17, 15) is 9.59 Å². The predicted molar refractivity (Wildman–Crippen MR) is 189 cm³/mol. The van der Waals surface area contributed by atoms with Gasteiger partial charge in [0, 0.05) is 69.8 Å². The first-order chi connectivity index (χ1) is 24.1. The van der Waals surface area contributed by atoms with Crippen LogP contribution < -0.4 is 25.7 Å². The average molecular weight is 679 g/mol. The Bertz CT molecular complexity index is 1880. The molecular weight excluding hydrogens is 634 g/mol. The summed E-state index contributed by atoms with van der Waals surface area (Å²) in [6.45, 7) is 8.82. The van der Waals surface area contributed by atoms with Crippen LogP contribution in [0.25, 0.3) is 11.4 Å². The summed E-state index contributed by atoms with van der Waals surface area (Å²) in [5, 5.41) is 10.9. The van der Waals surface area contributed by atoms with Crippen molar-refractivity contribution >= 4 is 34.7 Å². The highest BCUT2D eigenvalue weighted by atomic mass is 16.5. The van der Waals surface area contributed by atoms with Crippen LogP contribution in [0.3, 0.4) is 0 Å². The van der Waals surface area contributed by atoms with Crippen molar-refractivity contribution < 1.29 is 19.7 Å². The molecule has 3 aliphatic heterocycles. The van der Waals surface area contributed by atoms with Crippen molar-refractivity contribution in [2.45, 2.75) is 32.8 Å². The summed E-state index contributed by atoms with van der Waals surface area (Å²) in [5.74, 6) is 1.86. The molecule has 3 saturated heterocycles. The molecular formula is C36H44N11O3+. The fraction of sp³-hybridized carbons (Fsp3) is 0.417. The minimum Gasteiger partial charge on any atom is -0.475 e. The molecule has 7 rings (SSSR count). The Hall–Kier alpha value is -5.37. The van der Waals surface area contributed by atoms with Crippen LogP contribution in [-0.4, -0.2) is 111 Å². The first-order valence-corrected chi connectivity index (χ1v) is 17.1. The highest BCUT2D eigenvalue weighted by molar-refractivity contribution is 6.11. The number of rotatable bonds is 9. The van der Waals surface area contributed by atoms with E-state index in [0.29, 0.717) is 92.3 Å². The normalized spacial score (nSPS) is 19.6. The summed E-state index contributed by atoms with van der Waals surface area (Å²) in [6.07, 6.45) is 4.74. The van der Waals surface area contributed by atoms with E-state index in [2.05, 4.69) is 37.0 Å². The van der Waals surface area contributed by atoms with E-state index in [1.165, 1.54) is 0 Å². The summed E-state index contributed by atoms with van der Waals surface area (Å²) >= 11 is 0. The Morgan fingerprint density at radius 2 is 1.74 bits per heavy atom. The van der Waals surface area contributed by atoms with Crippen LogP contribution in [0.2, 0.25) is 0 Å². The zero-order valence-electron chi connectivity index (χ0n) is 28.8. The van der Waals surface area contributed by atoms with Crippen molar-refractivity contribution in [3.8, 4) is 17.3 Å². The number of carbonyl (C=O) groups excluding carboxylic acids is 2. The molecule has 1 atom stereocenters. The predicted octanol–water partition coefficient (Wildman–Crippen LogP) is 1.02. The molecule has 0 saturated carbocycles. The van der Waals surface area contributed by atoms with Crippen LogP contribution >= 0.6 is 0 Å². The van der Waals surface area contributed by atoms with Gasteiger partial charge in [-0.1, -0.05) is 0 Å². The second-order valence-corrected chi connectivity index (χ2v) is 13.7. The number of likely N-dealkylation sites (tertiary alicyclic amines) is 1. The summed E-state index contributed by atoms with van der Waals surface area (Å²) in [5.41, 5.74) is 9.71. The molecule has 4 N–H and O–H groups in total. The third kappa shape index (κ3) is 6.62. The van der Waals surface area contributed by atoms with Crippen LogP contribution in [-0.2, 0) is 16.6 Å². The molecule has 0 radical (unpaired) electrons. The molecule has 14 heteroatoms. The van der Waals surface area contributed by atoms with Crippen molar-refractivity contribution in [2.24, 2.45) is 12.5 Å². The van der Waals surface area contributed by atoms with Crippen molar-refractivity contribution in [2.75, 3.05) is 67.9 Å². The second-order valence-electron chi connectivity index (χ2n) is 13.7. The Morgan fingerprint density at radius 3 is 2.42 bits per heavy atom. The number of benzene rings is 1. The fourth-order valence-corrected chi connectivity index (χ4v) is 7.12. The molecule has 3 fully saturated rings. The lowest BCUT2D eigenvalue weighted by atomic mass is 9.85. The maximum atomic E-state index is 14.0. The zero-order valence-corrected chi connectivity index (χ0v) is 28.8. The lowest BCUT2D eigenvalue weighted by Crippen LogP contribution is -2.51. The number of amides is 2. The standard InChI is InChI=1S/C36H43N11O3/c1-24(2)50-30-11-6-26(20-39-30)32(38)33-28(37)9-10-29(41-33)47-15-13-36(35(47)49)12-14-44(22-36)21-31(48)46-18-16-45(17-19-46)27-7-4-25(5-8-27)34-40-23-43(3)42-34/h4-11,20,23-24,38H,12-19,21-22,37H2,1-3H3/p+1/t36-/m0/s1. The molecule has 6 heterocycles. The third-order valence-corrected chi connectivity index (χ3v) is 9.87. The van der Waals surface area contributed by atoms with Gasteiger partial charge in [0.05, 0.1) is 29.3 Å². The summed E-state index contributed by atoms with van der Waals surface area (Å²) in [4.78, 5) is 48.9. The van der Waals surface area contributed by atoms with E-state index in [1.807, 2.05) is 44.0 Å². The summed E-state index contributed by atoms with van der Waals surface area (Å²) in [7, 11) is 1.85. The molecule has 0 bridgehead atoms. The van der Waals surface area contributed by atoms with Crippen LogP contribution in [0.15, 0.2) is 61.1 Å². The maximum Gasteiger partial charge on any atom is 0.236 e. The quantitative estimate of drug-likeness (QED) is 0.244. The number of hydrogen-bond acceptors (Lipinski definition) is 10. The van der Waals surface area contributed by atoms with E-state index < -0.39 is 5.41 Å². The van der Waals surface area contributed by atoms with Crippen LogP contribution in [0.5, 0.6) is 5.88 Å². The van der Waals surface area contributed by atoms with Crippen LogP contribution in [0.1, 0.15) is 37.9 Å². The molecule has 14 nitrogen and oxygen atoms in total. The zero-order chi connectivity index (χ0) is 35.0. The van der Waals surface area contributed by atoms with E-state index >= 15 is 0 Å². The van der Waals surface area contributed by atoms with Gasteiger partial charge in [-0.05, 0) is 75.7 Å². The number of aryl methyl sites for hydroxylation is 1. The number of pyridine rings is 2. The van der Waals surface area contributed by atoms with Crippen LogP contribution in [0, 0.1) is 5.41 Å². The maximum absolute atomic E-state index is 14.0. The van der Waals surface area contributed by atoms with Gasteiger partial charge >= 0.3 is 0 Å². The summed E-state index contributed by atoms with van der Waals surface area (Å²) < 4.78 is 7.33. The van der Waals surface area contributed by atoms with Gasteiger partial charge in [-0.25, -0.2) is 15.0 Å². The number of nitrogens with zero attached hydrogens (tertiary/aromatic N) is 9. The van der Waals surface area contributed by atoms with Gasteiger partial charge in [0.25, 0.3) is 0 Å². The molecule has 3 aliphatic rings. The topological polar surface area (TPSA) is 164 Å². The number of nitrogen functional groups attached to an aromatic ring is 1. The lowest BCUT2D eigenvalue weighted by Gasteiger charge is -2.37. The Kier molecular flexibility index (Phi) is 8.95. The smallest absolute Gasteiger partial charge is 0.236 e. The minimum atomic E-state index is -0.537. The highest BCUT2D eigenvalue weighted by Gasteiger charge is 2.51. The SMILES string of the molecule is CC(C)Oc1ccc(C(=[NH2+])c2nc(N3CC[C@]4(CCN(CC(=O)N5CCN(c6ccc(-c7ncn(C)n7)cc6)CC5)C4)C3=O)ccc2N)cn1. The first-order valence-electron chi connectivity index (χ1n) is 17.1.